The van der Waals surface area contributed by atoms with E-state index in [0.29, 0.717) is 12.2 Å². The van der Waals surface area contributed by atoms with Crippen molar-refractivity contribution in [3.05, 3.63) is 0 Å². The summed E-state index contributed by atoms with van der Waals surface area (Å²) >= 11 is 0. The molecule has 1 heterocycles. The van der Waals surface area contributed by atoms with Crippen molar-refractivity contribution in [1.29, 1.82) is 0 Å². The molecule has 14 heavy (non-hydrogen) atoms. The van der Waals surface area contributed by atoms with E-state index < -0.39 is 8.32 Å². The van der Waals surface area contributed by atoms with E-state index in [1.54, 1.807) is 0 Å². The Labute approximate surface area is 88.1 Å². The maximum atomic E-state index is 5.57. The van der Waals surface area contributed by atoms with Crippen LogP contribution in [0.4, 0.5) is 0 Å². The molecule has 1 aliphatic carbocycles. The van der Waals surface area contributed by atoms with Crippen LogP contribution in [-0.2, 0) is 9.16 Å². The molecule has 2 nitrogen and oxygen atoms in total. The maximum Gasteiger partial charge on any atom is 0.186 e. The van der Waals surface area contributed by atoms with Crippen molar-refractivity contribution in [3.8, 4) is 0 Å². The summed E-state index contributed by atoms with van der Waals surface area (Å²) in [7, 11) is 0.558. The molecule has 0 aromatic heterocycles. The molecular weight excluding hydrogens is 192 g/mol. The van der Waals surface area contributed by atoms with Gasteiger partial charge in [0, 0.05) is 7.11 Å². The lowest BCUT2D eigenvalue weighted by Crippen LogP contribution is -2.29. The highest BCUT2D eigenvalue weighted by atomic mass is 28.4. The topological polar surface area (TPSA) is 21.8 Å². The Balaban J connectivity index is 1.70. The van der Waals surface area contributed by atoms with E-state index in [0.717, 1.165) is 5.92 Å². The Morgan fingerprint density at radius 1 is 1.29 bits per heavy atom. The Morgan fingerprint density at radius 3 is 2.71 bits per heavy atom. The van der Waals surface area contributed by atoms with Gasteiger partial charge < -0.3 is 9.16 Å². The molecule has 3 heteroatoms. The second-order valence-electron chi connectivity index (χ2n) is 5.39. The van der Waals surface area contributed by atoms with Crippen LogP contribution in [0.15, 0.2) is 0 Å². The summed E-state index contributed by atoms with van der Waals surface area (Å²) in [5.41, 5.74) is 0. The molecular formula is C11H22O2Si. The molecule has 1 saturated heterocycles. The standard InChI is InChI=1S/C11H22O2Si/c1-12-14(2,3)7-6-9-4-5-10-11(8-9)13-10/h9-11H,4-8H2,1-3H3. The Hall–Kier alpha value is 0.137. The van der Waals surface area contributed by atoms with Gasteiger partial charge in [-0.1, -0.05) is 6.42 Å². The predicted molar refractivity (Wildman–Crippen MR) is 59.9 cm³/mol. The first-order valence-electron chi connectivity index (χ1n) is 5.81. The lowest BCUT2D eigenvalue weighted by molar-refractivity contribution is 0.349. The zero-order chi connectivity index (χ0) is 10.2. The van der Waals surface area contributed by atoms with Crippen LogP contribution in [0.1, 0.15) is 25.7 Å². The smallest absolute Gasteiger partial charge is 0.186 e. The molecule has 0 spiro atoms. The Bertz CT molecular complexity index is 205. The summed E-state index contributed by atoms with van der Waals surface area (Å²) in [4.78, 5) is 0. The molecule has 3 atom stereocenters. The molecule has 0 aromatic rings. The highest BCUT2D eigenvalue weighted by Crippen LogP contribution is 2.41. The largest absolute Gasteiger partial charge is 0.420 e. The third kappa shape index (κ3) is 2.58. The van der Waals surface area contributed by atoms with E-state index in [1.807, 2.05) is 7.11 Å². The van der Waals surface area contributed by atoms with Crippen LogP contribution in [0.25, 0.3) is 0 Å². The zero-order valence-electron chi connectivity index (χ0n) is 9.58. The van der Waals surface area contributed by atoms with E-state index in [-0.39, 0.29) is 0 Å². The lowest BCUT2D eigenvalue weighted by atomic mass is 9.88. The van der Waals surface area contributed by atoms with Crippen molar-refractivity contribution in [2.75, 3.05) is 7.11 Å². The van der Waals surface area contributed by atoms with Gasteiger partial charge in [0.05, 0.1) is 12.2 Å². The average Bonchev–Trinajstić information content (AvgIpc) is 2.93. The van der Waals surface area contributed by atoms with Gasteiger partial charge in [0.15, 0.2) is 8.32 Å². The molecule has 1 saturated carbocycles. The number of rotatable bonds is 4. The number of fused-ring (bicyclic) bond motifs is 1. The van der Waals surface area contributed by atoms with Gasteiger partial charge in [0.2, 0.25) is 0 Å². The third-order valence-corrected chi connectivity index (χ3v) is 6.42. The van der Waals surface area contributed by atoms with Crippen LogP contribution in [0.5, 0.6) is 0 Å². The van der Waals surface area contributed by atoms with E-state index >= 15 is 0 Å². The summed E-state index contributed by atoms with van der Waals surface area (Å²) in [6, 6.07) is 1.31. The van der Waals surface area contributed by atoms with E-state index in [2.05, 4.69) is 13.1 Å². The quantitative estimate of drug-likeness (QED) is 0.530. The number of hydrogen-bond acceptors (Lipinski definition) is 2. The van der Waals surface area contributed by atoms with Crippen molar-refractivity contribution in [2.24, 2.45) is 5.92 Å². The molecule has 3 unspecified atom stereocenters. The fraction of sp³-hybridized carbons (Fsp3) is 1.00. The molecule has 0 amide bonds. The van der Waals surface area contributed by atoms with E-state index in [1.165, 1.54) is 31.7 Å². The van der Waals surface area contributed by atoms with E-state index in [9.17, 15) is 0 Å². The first kappa shape index (κ1) is 10.6. The fourth-order valence-corrected chi connectivity index (χ4v) is 3.71. The minimum atomic E-state index is -1.31. The molecule has 2 fully saturated rings. The van der Waals surface area contributed by atoms with Crippen molar-refractivity contribution in [3.63, 3.8) is 0 Å². The van der Waals surface area contributed by atoms with Gasteiger partial charge in [-0.05, 0) is 44.3 Å². The number of ether oxygens (including phenoxy) is 1. The van der Waals surface area contributed by atoms with Gasteiger partial charge >= 0.3 is 0 Å². The Morgan fingerprint density at radius 2 is 2.07 bits per heavy atom. The molecule has 0 N–H and O–H groups in total. The maximum absolute atomic E-state index is 5.57. The first-order valence-corrected chi connectivity index (χ1v) is 8.93. The molecule has 0 radical (unpaired) electrons. The second-order valence-corrected chi connectivity index (χ2v) is 9.82. The SMILES string of the molecule is CO[Si](C)(C)CCC1CCC2OC2C1. The van der Waals surface area contributed by atoms with Crippen LogP contribution >= 0.6 is 0 Å². The lowest BCUT2D eigenvalue weighted by Gasteiger charge is -2.24. The van der Waals surface area contributed by atoms with Gasteiger partial charge in [-0.15, -0.1) is 0 Å². The summed E-state index contributed by atoms with van der Waals surface area (Å²) in [6.45, 7) is 4.62. The van der Waals surface area contributed by atoms with Gasteiger partial charge in [-0.3, -0.25) is 0 Å². The average molecular weight is 214 g/mol. The molecule has 2 rings (SSSR count). The predicted octanol–water partition coefficient (Wildman–Crippen LogP) is 2.80. The number of epoxide rings is 1. The van der Waals surface area contributed by atoms with Crippen molar-refractivity contribution in [2.45, 2.75) is 57.0 Å². The molecule has 2 aliphatic rings. The van der Waals surface area contributed by atoms with Gasteiger partial charge in [-0.2, -0.15) is 0 Å². The Kier molecular flexibility index (Phi) is 3.00. The minimum Gasteiger partial charge on any atom is -0.420 e. The first-order chi connectivity index (χ1) is 6.61. The summed E-state index contributed by atoms with van der Waals surface area (Å²) in [6.07, 6.45) is 6.66. The summed E-state index contributed by atoms with van der Waals surface area (Å²) < 4.78 is 11.1. The highest BCUT2D eigenvalue weighted by Gasteiger charge is 2.43. The highest BCUT2D eigenvalue weighted by molar-refractivity contribution is 6.71. The summed E-state index contributed by atoms with van der Waals surface area (Å²) in [5.74, 6) is 0.917. The van der Waals surface area contributed by atoms with Gasteiger partial charge in [0.1, 0.15) is 0 Å². The summed E-state index contributed by atoms with van der Waals surface area (Å²) in [5, 5.41) is 0. The third-order valence-electron chi connectivity index (χ3n) is 3.82. The zero-order valence-corrected chi connectivity index (χ0v) is 10.6. The number of hydrogen-bond donors (Lipinski definition) is 0. The van der Waals surface area contributed by atoms with Crippen molar-refractivity contribution >= 4 is 8.32 Å². The van der Waals surface area contributed by atoms with Gasteiger partial charge in [0.25, 0.3) is 0 Å². The monoisotopic (exact) mass is 214 g/mol. The van der Waals surface area contributed by atoms with Crippen LogP contribution in [-0.4, -0.2) is 27.6 Å². The van der Waals surface area contributed by atoms with Gasteiger partial charge in [-0.25, -0.2) is 0 Å². The van der Waals surface area contributed by atoms with Crippen LogP contribution < -0.4 is 0 Å². The molecule has 82 valence electrons. The second kappa shape index (κ2) is 3.95. The fourth-order valence-electron chi connectivity index (χ4n) is 2.40. The van der Waals surface area contributed by atoms with Crippen molar-refractivity contribution in [1.82, 2.24) is 0 Å². The minimum absolute atomic E-state index is 0.640. The van der Waals surface area contributed by atoms with Crippen LogP contribution in [0, 0.1) is 5.92 Å². The molecule has 0 bridgehead atoms. The van der Waals surface area contributed by atoms with Crippen molar-refractivity contribution < 1.29 is 9.16 Å². The molecule has 1 aliphatic heterocycles. The van der Waals surface area contributed by atoms with Crippen LogP contribution in [0.2, 0.25) is 19.1 Å². The normalized spacial score (nSPS) is 36.6. The molecule has 0 aromatic carbocycles. The van der Waals surface area contributed by atoms with E-state index in [4.69, 9.17) is 9.16 Å². The van der Waals surface area contributed by atoms with Crippen LogP contribution in [0.3, 0.4) is 0 Å².